The zero-order chi connectivity index (χ0) is 25.9. The second-order valence-corrected chi connectivity index (χ2v) is 9.34. The van der Waals surface area contributed by atoms with Gasteiger partial charge in [-0.25, -0.2) is 4.79 Å². The average molecular weight is 501 g/mol. The lowest BCUT2D eigenvalue weighted by atomic mass is 9.96. The van der Waals surface area contributed by atoms with E-state index >= 15 is 0 Å². The zero-order valence-electron chi connectivity index (χ0n) is 21.4. The molecule has 0 unspecified atom stereocenters. The van der Waals surface area contributed by atoms with Gasteiger partial charge in [0.2, 0.25) is 0 Å². The molecule has 4 rings (SSSR count). The molecular formula is C29H36N6O2. The van der Waals surface area contributed by atoms with Gasteiger partial charge in [0.1, 0.15) is 0 Å². The Balaban J connectivity index is 1.26. The van der Waals surface area contributed by atoms with Crippen LogP contribution in [0.25, 0.3) is 10.9 Å². The smallest absolute Gasteiger partial charge is 0.319 e. The molecule has 3 aromatic rings. The zero-order valence-corrected chi connectivity index (χ0v) is 21.4. The van der Waals surface area contributed by atoms with Gasteiger partial charge >= 0.3 is 6.03 Å². The largest absolute Gasteiger partial charge is 0.371 e. The van der Waals surface area contributed by atoms with E-state index < -0.39 is 0 Å². The highest BCUT2D eigenvalue weighted by Crippen LogP contribution is 2.22. The molecule has 0 radical (unpaired) electrons. The predicted octanol–water partition coefficient (Wildman–Crippen LogP) is 4.75. The van der Waals surface area contributed by atoms with E-state index in [1.54, 1.807) is 6.07 Å². The summed E-state index contributed by atoms with van der Waals surface area (Å²) >= 11 is 0. The third-order valence-electron chi connectivity index (χ3n) is 6.61. The maximum absolute atomic E-state index is 12.7. The summed E-state index contributed by atoms with van der Waals surface area (Å²) in [5, 5.41) is 9.91. The van der Waals surface area contributed by atoms with Crippen molar-refractivity contribution in [3.63, 3.8) is 0 Å². The van der Waals surface area contributed by atoms with Crippen LogP contribution in [-0.2, 0) is 0 Å². The topological polar surface area (TPSA) is 102 Å². The molecule has 1 aliphatic rings. The molecule has 3 heterocycles. The van der Waals surface area contributed by atoms with Crippen molar-refractivity contribution in [3.05, 3.63) is 84.5 Å². The van der Waals surface area contributed by atoms with Gasteiger partial charge in [-0.2, -0.15) is 0 Å². The number of allylic oxidation sites excluding steroid dienone is 3. The van der Waals surface area contributed by atoms with Crippen molar-refractivity contribution in [2.45, 2.75) is 32.6 Å². The third kappa shape index (κ3) is 7.70. The van der Waals surface area contributed by atoms with Gasteiger partial charge in [0, 0.05) is 60.7 Å². The number of aromatic nitrogens is 2. The molecule has 0 spiro atoms. The van der Waals surface area contributed by atoms with Crippen molar-refractivity contribution in [3.8, 4) is 0 Å². The minimum absolute atomic E-state index is 0.192. The van der Waals surface area contributed by atoms with E-state index in [1.165, 1.54) is 5.69 Å². The summed E-state index contributed by atoms with van der Waals surface area (Å²) < 4.78 is 0. The number of carbonyl (C=O) groups is 2. The van der Waals surface area contributed by atoms with Gasteiger partial charge in [0.15, 0.2) is 0 Å². The highest BCUT2D eigenvalue weighted by molar-refractivity contribution is 5.98. The first-order chi connectivity index (χ1) is 18.1. The Morgan fingerprint density at radius 1 is 1.11 bits per heavy atom. The molecule has 8 heteroatoms. The van der Waals surface area contributed by atoms with E-state index in [-0.39, 0.29) is 18.5 Å². The fraction of sp³-hybridized carbons (Fsp3) is 0.345. The van der Waals surface area contributed by atoms with Crippen molar-refractivity contribution >= 4 is 28.5 Å². The van der Waals surface area contributed by atoms with Crippen LogP contribution >= 0.6 is 0 Å². The third-order valence-corrected chi connectivity index (χ3v) is 6.61. The maximum Gasteiger partial charge on any atom is 0.319 e. The Morgan fingerprint density at radius 3 is 2.70 bits per heavy atom. The van der Waals surface area contributed by atoms with Gasteiger partial charge in [0.25, 0.3) is 5.91 Å². The molecule has 1 aromatic carbocycles. The Labute approximate surface area is 218 Å². The molecule has 37 heavy (non-hydrogen) atoms. The van der Waals surface area contributed by atoms with Crippen molar-refractivity contribution in [1.82, 2.24) is 25.9 Å². The number of benzene rings is 1. The summed E-state index contributed by atoms with van der Waals surface area (Å²) in [5.41, 5.74) is 3.31. The molecule has 1 saturated heterocycles. The normalized spacial score (nSPS) is 14.7. The number of anilines is 1. The van der Waals surface area contributed by atoms with E-state index in [2.05, 4.69) is 43.8 Å². The van der Waals surface area contributed by atoms with Crippen LogP contribution in [0.4, 0.5) is 10.5 Å². The fourth-order valence-electron chi connectivity index (χ4n) is 4.44. The van der Waals surface area contributed by atoms with Crippen LogP contribution in [-0.4, -0.2) is 48.1 Å². The van der Waals surface area contributed by atoms with Crippen molar-refractivity contribution in [2.24, 2.45) is 5.92 Å². The summed E-state index contributed by atoms with van der Waals surface area (Å²) in [6.45, 7) is 4.88. The van der Waals surface area contributed by atoms with Gasteiger partial charge in [-0.15, -0.1) is 0 Å². The number of H-pyrrole nitrogens is 1. The van der Waals surface area contributed by atoms with Crippen LogP contribution in [0, 0.1) is 5.92 Å². The maximum atomic E-state index is 12.7. The number of fused-ring (bicyclic) bond motifs is 1. The van der Waals surface area contributed by atoms with Crippen molar-refractivity contribution in [1.29, 1.82) is 0 Å². The first kappa shape index (κ1) is 26.0. The number of unbranched alkanes of at least 4 members (excludes halogenated alkanes) is 1. The molecule has 0 saturated carbocycles. The lowest BCUT2D eigenvalue weighted by Gasteiger charge is -2.33. The number of pyridine rings is 1. The number of nitrogens with zero attached hydrogens (tertiary/aromatic N) is 2. The molecular weight excluding hydrogens is 464 g/mol. The summed E-state index contributed by atoms with van der Waals surface area (Å²) in [6.07, 6.45) is 15.3. The number of hydrogen-bond acceptors (Lipinski definition) is 4. The van der Waals surface area contributed by atoms with Gasteiger partial charge in [0.05, 0.1) is 6.54 Å². The van der Waals surface area contributed by atoms with Crippen LogP contribution in [0.15, 0.2) is 78.9 Å². The number of piperidine rings is 1. The molecule has 0 bridgehead atoms. The number of aromatic amines is 1. The average Bonchev–Trinajstić information content (AvgIpc) is 3.41. The monoisotopic (exact) mass is 500 g/mol. The second-order valence-electron chi connectivity index (χ2n) is 9.34. The van der Waals surface area contributed by atoms with Crippen molar-refractivity contribution in [2.75, 3.05) is 31.1 Å². The first-order valence-electron chi connectivity index (χ1n) is 13.0. The summed E-state index contributed by atoms with van der Waals surface area (Å²) in [4.78, 5) is 35.0. The number of hydrogen-bond donors (Lipinski definition) is 4. The van der Waals surface area contributed by atoms with Crippen LogP contribution in [0.5, 0.6) is 0 Å². The van der Waals surface area contributed by atoms with E-state index in [1.807, 2.05) is 61.1 Å². The van der Waals surface area contributed by atoms with Crippen LogP contribution in [0.2, 0.25) is 0 Å². The molecule has 8 nitrogen and oxygen atoms in total. The molecule has 3 amide bonds. The molecule has 1 fully saturated rings. The number of carbonyl (C=O) groups excluding carboxylic acids is 2. The fourth-order valence-corrected chi connectivity index (χ4v) is 4.44. The molecule has 0 atom stereocenters. The van der Waals surface area contributed by atoms with Crippen LogP contribution < -0.4 is 20.9 Å². The Hall–Kier alpha value is -4.07. The Kier molecular flexibility index (Phi) is 9.35. The van der Waals surface area contributed by atoms with Gasteiger partial charge in [-0.1, -0.05) is 31.6 Å². The SMILES string of the molecule is CCC/C=C\C=C(/CNC(=O)c1ccc2cc[nH]c2c1)NC(=O)NCC1CCN(c2ccncc2)CC1. The summed E-state index contributed by atoms with van der Waals surface area (Å²) in [7, 11) is 0. The molecule has 0 aliphatic carbocycles. The minimum atomic E-state index is -0.256. The molecule has 1 aliphatic heterocycles. The number of urea groups is 1. The summed E-state index contributed by atoms with van der Waals surface area (Å²) in [6, 6.07) is 11.3. The van der Waals surface area contributed by atoms with Crippen LogP contribution in [0.3, 0.4) is 0 Å². The molecule has 194 valence electrons. The van der Waals surface area contributed by atoms with Gasteiger partial charge < -0.3 is 25.8 Å². The summed E-state index contributed by atoms with van der Waals surface area (Å²) in [5.74, 6) is 0.242. The number of rotatable bonds is 10. The predicted molar refractivity (Wildman–Crippen MR) is 148 cm³/mol. The standard InChI is InChI=1S/C29H36N6O2/c1-2-3-4-5-6-25(21-32-28(36)24-8-7-23-9-16-31-27(23)19-24)34-29(37)33-20-22-12-17-35(18-13-22)26-10-14-30-15-11-26/h4-11,14-16,19,22,31H,2-3,12-13,17-18,20-21H2,1H3,(H,32,36)(H2,33,34,37)/b5-4-,25-6+. The number of nitrogens with one attached hydrogen (secondary N) is 4. The van der Waals surface area contributed by atoms with Gasteiger partial charge in [-0.3, -0.25) is 9.78 Å². The quantitative estimate of drug-likeness (QED) is 0.302. The van der Waals surface area contributed by atoms with E-state index in [9.17, 15) is 9.59 Å². The molecule has 4 N–H and O–H groups in total. The lowest BCUT2D eigenvalue weighted by Crippen LogP contribution is -2.43. The molecule has 2 aromatic heterocycles. The first-order valence-corrected chi connectivity index (χ1v) is 13.0. The van der Waals surface area contributed by atoms with Crippen LogP contribution in [0.1, 0.15) is 43.0 Å². The van der Waals surface area contributed by atoms with E-state index in [0.717, 1.165) is 49.7 Å². The second kappa shape index (κ2) is 13.3. The van der Waals surface area contributed by atoms with E-state index in [0.29, 0.717) is 23.7 Å². The minimum Gasteiger partial charge on any atom is -0.371 e. The highest BCUT2D eigenvalue weighted by Gasteiger charge is 2.20. The van der Waals surface area contributed by atoms with E-state index in [4.69, 9.17) is 0 Å². The Bertz CT molecular complexity index is 1230. The lowest BCUT2D eigenvalue weighted by molar-refractivity contribution is 0.0956. The number of amides is 3. The highest BCUT2D eigenvalue weighted by atomic mass is 16.2. The van der Waals surface area contributed by atoms with Gasteiger partial charge in [-0.05, 0) is 67.0 Å². The Morgan fingerprint density at radius 2 is 1.92 bits per heavy atom. The van der Waals surface area contributed by atoms with Crippen molar-refractivity contribution < 1.29 is 9.59 Å².